The highest BCUT2D eigenvalue weighted by molar-refractivity contribution is 14.1. The molecule has 0 radical (unpaired) electrons. The lowest BCUT2D eigenvalue weighted by Crippen LogP contribution is -2.28. The number of hydrogen-bond acceptors (Lipinski definition) is 6. The second-order valence-corrected chi connectivity index (χ2v) is 8.53. The molecule has 1 aromatic rings. The van der Waals surface area contributed by atoms with Gasteiger partial charge in [0.2, 0.25) is 0 Å². The van der Waals surface area contributed by atoms with Gasteiger partial charge in [-0.3, -0.25) is 9.59 Å². The summed E-state index contributed by atoms with van der Waals surface area (Å²) in [6.45, 7) is 1.43. The Morgan fingerprint density at radius 3 is 2.45 bits per heavy atom. The SMILES string of the molecule is COc1cc(C=NN2C(=O)[C@@H]3[C@H](C2=O)[C@H]2C=C[C@H]3C2)cc(I)c1O[C@H](C)C(=O)O. The molecule has 1 aliphatic heterocycles. The first-order chi connectivity index (χ1) is 13.8. The van der Waals surface area contributed by atoms with Gasteiger partial charge in [0.05, 0.1) is 28.7 Å². The first-order valence-corrected chi connectivity index (χ1v) is 10.3. The molecule has 0 aromatic heterocycles. The Kier molecular flexibility index (Phi) is 5.09. The number of hydrazone groups is 1. The van der Waals surface area contributed by atoms with E-state index in [0.29, 0.717) is 20.6 Å². The lowest BCUT2D eigenvalue weighted by molar-refractivity contribution is -0.144. The molecule has 29 heavy (non-hydrogen) atoms. The van der Waals surface area contributed by atoms with E-state index in [2.05, 4.69) is 5.10 Å². The number of carbonyl (C=O) groups excluding carboxylic acids is 2. The number of nitrogens with zero attached hydrogens (tertiary/aromatic N) is 2. The van der Waals surface area contributed by atoms with Crippen LogP contribution >= 0.6 is 22.6 Å². The van der Waals surface area contributed by atoms with Crippen LogP contribution in [0.3, 0.4) is 0 Å². The van der Waals surface area contributed by atoms with Crippen molar-refractivity contribution < 1.29 is 29.0 Å². The highest BCUT2D eigenvalue weighted by Crippen LogP contribution is 2.52. The Morgan fingerprint density at radius 2 is 1.90 bits per heavy atom. The molecule has 1 saturated carbocycles. The van der Waals surface area contributed by atoms with Gasteiger partial charge in [0.15, 0.2) is 17.6 Å². The standard InChI is InChI=1S/C20H19IN2O6/c1-9(20(26)27)29-17-13(21)5-10(6-14(17)28-2)8-22-23-18(24)15-11-3-4-12(7-11)16(15)19(23)25/h3-6,8-9,11-12,15-16H,7H2,1-2H3,(H,26,27)/t9-,11+,12+,15-,16+/m1/s1. The summed E-state index contributed by atoms with van der Waals surface area (Å²) in [7, 11) is 1.45. The zero-order valence-electron chi connectivity index (χ0n) is 15.7. The highest BCUT2D eigenvalue weighted by Gasteiger charge is 2.59. The number of rotatable bonds is 6. The van der Waals surface area contributed by atoms with Crippen LogP contribution in [0.5, 0.6) is 11.5 Å². The van der Waals surface area contributed by atoms with Gasteiger partial charge < -0.3 is 14.6 Å². The van der Waals surface area contributed by atoms with Gasteiger partial charge in [-0.1, -0.05) is 12.2 Å². The van der Waals surface area contributed by atoms with Crippen LogP contribution < -0.4 is 9.47 Å². The number of allylic oxidation sites excluding steroid dienone is 2. The number of benzene rings is 1. The molecule has 3 aliphatic rings. The van der Waals surface area contributed by atoms with E-state index in [1.165, 1.54) is 20.2 Å². The molecule has 9 heteroatoms. The summed E-state index contributed by atoms with van der Waals surface area (Å²) in [6, 6.07) is 3.33. The predicted octanol–water partition coefficient (Wildman–Crippen LogP) is 2.29. The minimum absolute atomic E-state index is 0.135. The van der Waals surface area contributed by atoms with Crippen LogP contribution in [0.1, 0.15) is 18.9 Å². The van der Waals surface area contributed by atoms with Crippen LogP contribution in [-0.2, 0) is 14.4 Å². The summed E-state index contributed by atoms with van der Waals surface area (Å²) in [5, 5.41) is 14.2. The van der Waals surface area contributed by atoms with Crippen molar-refractivity contribution in [2.75, 3.05) is 7.11 Å². The van der Waals surface area contributed by atoms with Crippen molar-refractivity contribution in [3.8, 4) is 11.5 Å². The van der Waals surface area contributed by atoms with E-state index in [4.69, 9.17) is 14.6 Å². The zero-order valence-corrected chi connectivity index (χ0v) is 17.9. The molecule has 2 bridgehead atoms. The molecule has 0 unspecified atom stereocenters. The van der Waals surface area contributed by atoms with E-state index >= 15 is 0 Å². The van der Waals surface area contributed by atoms with Crippen molar-refractivity contribution in [2.45, 2.75) is 19.4 Å². The Morgan fingerprint density at radius 1 is 1.28 bits per heavy atom. The van der Waals surface area contributed by atoms with Crippen molar-refractivity contribution in [3.63, 3.8) is 0 Å². The number of imide groups is 1. The third kappa shape index (κ3) is 3.30. The van der Waals surface area contributed by atoms with E-state index in [1.807, 2.05) is 34.7 Å². The maximum atomic E-state index is 12.7. The number of carbonyl (C=O) groups is 3. The fourth-order valence-corrected chi connectivity index (χ4v) is 5.03. The molecule has 2 aliphatic carbocycles. The number of aliphatic carboxylic acids is 1. The number of hydrogen-bond donors (Lipinski definition) is 1. The third-order valence-electron chi connectivity index (χ3n) is 5.66. The zero-order chi connectivity index (χ0) is 20.9. The smallest absolute Gasteiger partial charge is 0.344 e. The van der Waals surface area contributed by atoms with E-state index < -0.39 is 12.1 Å². The number of carboxylic acids is 1. The summed E-state index contributed by atoms with van der Waals surface area (Å²) >= 11 is 2.01. The lowest BCUT2D eigenvalue weighted by atomic mass is 9.85. The molecule has 2 fully saturated rings. The maximum Gasteiger partial charge on any atom is 0.344 e. The average Bonchev–Trinajstić information content (AvgIpc) is 3.36. The van der Waals surface area contributed by atoms with E-state index in [-0.39, 0.29) is 35.5 Å². The quantitative estimate of drug-likeness (QED) is 0.273. The van der Waals surface area contributed by atoms with Gasteiger partial charge in [0.25, 0.3) is 11.8 Å². The molecule has 0 spiro atoms. The Balaban J connectivity index is 1.56. The number of ether oxygens (including phenoxy) is 2. The first-order valence-electron chi connectivity index (χ1n) is 9.19. The molecular formula is C20H19IN2O6. The fourth-order valence-electron chi connectivity index (χ4n) is 4.28. The summed E-state index contributed by atoms with van der Waals surface area (Å²) in [4.78, 5) is 36.4. The van der Waals surface area contributed by atoms with Gasteiger partial charge in [-0.25, -0.2) is 4.79 Å². The van der Waals surface area contributed by atoms with Gasteiger partial charge >= 0.3 is 5.97 Å². The van der Waals surface area contributed by atoms with Crippen LogP contribution in [0.2, 0.25) is 0 Å². The van der Waals surface area contributed by atoms with Crippen LogP contribution in [-0.4, -0.2) is 47.3 Å². The Bertz CT molecular complexity index is 929. The summed E-state index contributed by atoms with van der Waals surface area (Å²) in [6.07, 6.45) is 5.33. The molecule has 1 N–H and O–H groups in total. The summed E-state index contributed by atoms with van der Waals surface area (Å²) < 4.78 is 11.4. The van der Waals surface area contributed by atoms with Crippen LogP contribution in [0.4, 0.5) is 0 Å². The van der Waals surface area contributed by atoms with Crippen molar-refractivity contribution >= 4 is 46.6 Å². The van der Waals surface area contributed by atoms with Crippen LogP contribution in [0.15, 0.2) is 29.4 Å². The van der Waals surface area contributed by atoms with Crippen LogP contribution in [0, 0.1) is 27.2 Å². The molecule has 1 aromatic carbocycles. The van der Waals surface area contributed by atoms with Crippen LogP contribution in [0.25, 0.3) is 0 Å². The topological polar surface area (TPSA) is 106 Å². The molecular weight excluding hydrogens is 491 g/mol. The number of carboxylic acid groups (broad SMARTS) is 1. The number of amides is 2. The van der Waals surface area contributed by atoms with Gasteiger partial charge in [0.1, 0.15) is 0 Å². The van der Waals surface area contributed by atoms with Gasteiger partial charge in [-0.15, -0.1) is 0 Å². The number of fused-ring (bicyclic) bond motifs is 5. The van der Waals surface area contributed by atoms with Crippen molar-refractivity contribution in [1.82, 2.24) is 5.01 Å². The maximum absolute atomic E-state index is 12.7. The molecule has 2 amide bonds. The van der Waals surface area contributed by atoms with E-state index in [9.17, 15) is 14.4 Å². The largest absolute Gasteiger partial charge is 0.493 e. The monoisotopic (exact) mass is 510 g/mol. The first kappa shape index (κ1) is 19.9. The van der Waals surface area contributed by atoms with Crippen molar-refractivity contribution in [2.24, 2.45) is 28.8 Å². The molecule has 152 valence electrons. The summed E-state index contributed by atoms with van der Waals surface area (Å²) in [5.74, 6) is -1.25. The average molecular weight is 510 g/mol. The fraction of sp³-hybridized carbons (Fsp3) is 0.400. The lowest BCUT2D eigenvalue weighted by Gasteiger charge is -2.16. The number of halogens is 1. The molecule has 8 nitrogen and oxygen atoms in total. The van der Waals surface area contributed by atoms with Gasteiger partial charge in [-0.05, 0) is 65.5 Å². The molecule has 1 saturated heterocycles. The van der Waals surface area contributed by atoms with Gasteiger partial charge in [0, 0.05) is 0 Å². The second kappa shape index (κ2) is 7.43. The second-order valence-electron chi connectivity index (χ2n) is 7.37. The predicted molar refractivity (Wildman–Crippen MR) is 111 cm³/mol. The summed E-state index contributed by atoms with van der Waals surface area (Å²) in [5.41, 5.74) is 0.598. The minimum atomic E-state index is -1.09. The van der Waals surface area contributed by atoms with Crippen molar-refractivity contribution in [1.29, 1.82) is 0 Å². The molecule has 5 atom stereocenters. The normalized spacial score (nSPS) is 28.3. The number of methoxy groups -OCH3 is 1. The third-order valence-corrected chi connectivity index (χ3v) is 6.46. The molecule has 1 heterocycles. The Hall–Kier alpha value is -2.43. The highest BCUT2D eigenvalue weighted by atomic mass is 127. The molecule has 4 rings (SSSR count). The van der Waals surface area contributed by atoms with Crippen molar-refractivity contribution in [3.05, 3.63) is 33.4 Å². The Labute approximate surface area is 180 Å². The van der Waals surface area contributed by atoms with Gasteiger partial charge in [-0.2, -0.15) is 10.1 Å². The van der Waals surface area contributed by atoms with E-state index in [1.54, 1.807) is 12.1 Å². The van der Waals surface area contributed by atoms with E-state index in [0.717, 1.165) is 11.4 Å². The minimum Gasteiger partial charge on any atom is -0.493 e.